The molecule has 0 N–H and O–H groups in total. The highest BCUT2D eigenvalue weighted by molar-refractivity contribution is 7.86. The van der Waals surface area contributed by atoms with Gasteiger partial charge in [0.15, 0.2) is 0 Å². The smallest absolute Gasteiger partial charge is 0.442 e. The van der Waals surface area contributed by atoms with Crippen LogP contribution in [0.2, 0.25) is 0 Å². The molecule has 0 heterocycles. The molecule has 0 aliphatic heterocycles. The monoisotopic (exact) mass is 338 g/mol. The van der Waals surface area contributed by atoms with Crippen LogP contribution in [0, 0.1) is 0 Å². The van der Waals surface area contributed by atoms with Gasteiger partial charge in [-0.3, -0.25) is 9.00 Å². The predicted molar refractivity (Wildman–Crippen MR) is 79.3 cm³/mol. The van der Waals surface area contributed by atoms with Crippen molar-refractivity contribution in [3.63, 3.8) is 0 Å². The zero-order valence-electron chi connectivity index (χ0n) is 12.5. The van der Waals surface area contributed by atoms with Crippen LogP contribution in [0.4, 0.5) is 0 Å². The Hall–Kier alpha value is -2.64. The number of ketones is 1. The standard InChI is InChI=1S/C14H14N2O6S/c1-3-22-14(19)12(16-15)10(17)8-23(20)11-7-5-4-6-9(11)13(18)21-2/h4-7H,3,8H2,1-2H3. The normalized spacial score (nSPS) is 11.0. The second-order valence-electron chi connectivity index (χ2n) is 4.07. The predicted octanol–water partition coefficient (Wildman–Crippen LogP) is 0.384. The van der Waals surface area contributed by atoms with Crippen molar-refractivity contribution in [3.05, 3.63) is 35.4 Å². The molecule has 0 radical (unpaired) electrons. The van der Waals surface area contributed by atoms with Crippen molar-refractivity contribution in [1.82, 2.24) is 0 Å². The molecule has 1 aromatic rings. The first-order valence-corrected chi connectivity index (χ1v) is 7.76. The van der Waals surface area contributed by atoms with Gasteiger partial charge < -0.3 is 15.0 Å². The van der Waals surface area contributed by atoms with Crippen LogP contribution in [0.25, 0.3) is 5.53 Å². The highest BCUT2D eigenvalue weighted by atomic mass is 32.2. The van der Waals surface area contributed by atoms with Crippen molar-refractivity contribution >= 4 is 34.2 Å². The molecule has 1 atom stereocenters. The van der Waals surface area contributed by atoms with E-state index in [1.165, 1.54) is 32.2 Å². The molecule has 9 heteroatoms. The van der Waals surface area contributed by atoms with E-state index in [0.29, 0.717) is 0 Å². The number of hydrogen-bond acceptors (Lipinski definition) is 6. The Kier molecular flexibility index (Phi) is 6.98. The highest BCUT2D eigenvalue weighted by Crippen LogP contribution is 2.15. The maximum atomic E-state index is 12.3. The first kappa shape index (κ1) is 18.4. The fraction of sp³-hybridized carbons (Fsp3) is 0.286. The van der Waals surface area contributed by atoms with Crippen LogP contribution in [0.5, 0.6) is 0 Å². The van der Waals surface area contributed by atoms with Gasteiger partial charge in [-0.15, -0.1) is 0 Å². The van der Waals surface area contributed by atoms with Crippen LogP contribution < -0.4 is 0 Å². The number of benzene rings is 1. The summed E-state index contributed by atoms with van der Waals surface area (Å²) in [7, 11) is -0.769. The van der Waals surface area contributed by atoms with Gasteiger partial charge in [0.25, 0.3) is 5.78 Å². The largest absolute Gasteiger partial charge is 0.465 e. The molecule has 122 valence electrons. The zero-order valence-corrected chi connectivity index (χ0v) is 13.3. The maximum absolute atomic E-state index is 12.3. The van der Waals surface area contributed by atoms with Gasteiger partial charge in [0.05, 0.1) is 40.7 Å². The first-order chi connectivity index (χ1) is 11.0. The van der Waals surface area contributed by atoms with Crippen LogP contribution in [-0.4, -0.2) is 51.9 Å². The molecule has 0 saturated heterocycles. The lowest BCUT2D eigenvalue weighted by atomic mass is 10.2. The number of Topliss-reactive ketones (excluding diaryl/α,β-unsaturated/α-hetero) is 1. The third kappa shape index (κ3) is 4.67. The molecule has 0 fully saturated rings. The molecule has 8 nitrogen and oxygen atoms in total. The molecule has 23 heavy (non-hydrogen) atoms. The summed E-state index contributed by atoms with van der Waals surface area (Å²) >= 11 is 0. The van der Waals surface area contributed by atoms with E-state index < -0.39 is 40.0 Å². The van der Waals surface area contributed by atoms with Gasteiger partial charge in [0.1, 0.15) is 0 Å². The summed E-state index contributed by atoms with van der Waals surface area (Å²) < 4.78 is 21.4. The maximum Gasteiger partial charge on any atom is 0.442 e. The van der Waals surface area contributed by atoms with E-state index >= 15 is 0 Å². The number of esters is 2. The minimum absolute atomic E-state index is 0.0145. The quantitative estimate of drug-likeness (QED) is 0.233. The van der Waals surface area contributed by atoms with E-state index in [1.807, 2.05) is 0 Å². The van der Waals surface area contributed by atoms with Gasteiger partial charge in [0.2, 0.25) is 0 Å². The lowest BCUT2D eigenvalue weighted by Crippen LogP contribution is -2.31. The number of methoxy groups -OCH3 is 1. The fourth-order valence-electron chi connectivity index (χ4n) is 1.62. The Labute approximate surface area is 134 Å². The van der Waals surface area contributed by atoms with Crippen LogP contribution in [-0.2, 0) is 29.9 Å². The fourth-order valence-corrected chi connectivity index (χ4v) is 2.78. The van der Waals surface area contributed by atoms with Crippen LogP contribution in [0.15, 0.2) is 29.2 Å². The topological polar surface area (TPSA) is 123 Å². The molecule has 0 aliphatic carbocycles. The number of rotatable bonds is 7. The third-order valence-electron chi connectivity index (χ3n) is 2.63. The van der Waals surface area contributed by atoms with Gasteiger partial charge in [0, 0.05) is 0 Å². The second-order valence-corrected chi connectivity index (χ2v) is 5.49. The zero-order chi connectivity index (χ0) is 17.4. The van der Waals surface area contributed by atoms with Crippen molar-refractivity contribution in [2.24, 2.45) is 0 Å². The van der Waals surface area contributed by atoms with Crippen molar-refractivity contribution in [3.8, 4) is 0 Å². The molecule has 0 aliphatic rings. The van der Waals surface area contributed by atoms with Crippen LogP contribution in [0.3, 0.4) is 0 Å². The second kappa shape index (κ2) is 8.72. The Bertz CT molecular complexity index is 709. The molecule has 0 spiro atoms. The summed E-state index contributed by atoms with van der Waals surface area (Å²) in [5.41, 5.74) is 7.94. The number of hydrogen-bond donors (Lipinski definition) is 0. The first-order valence-electron chi connectivity index (χ1n) is 6.44. The van der Waals surface area contributed by atoms with Crippen LogP contribution in [0.1, 0.15) is 17.3 Å². The summed E-state index contributed by atoms with van der Waals surface area (Å²) in [6, 6.07) is 5.89. The molecule has 1 rings (SSSR count). The highest BCUT2D eigenvalue weighted by Gasteiger charge is 2.33. The molecule has 0 aromatic heterocycles. The van der Waals surface area contributed by atoms with E-state index in [4.69, 9.17) is 5.53 Å². The number of carbonyl (C=O) groups excluding carboxylic acids is 3. The number of carbonyl (C=O) groups is 3. The summed E-state index contributed by atoms with van der Waals surface area (Å²) in [6.07, 6.45) is 0. The van der Waals surface area contributed by atoms with Crippen molar-refractivity contribution < 1.29 is 32.9 Å². The average molecular weight is 338 g/mol. The van der Waals surface area contributed by atoms with Gasteiger partial charge in [-0.1, -0.05) is 12.1 Å². The molecule has 1 unspecified atom stereocenters. The molecule has 0 bridgehead atoms. The number of ether oxygens (including phenoxy) is 2. The summed E-state index contributed by atoms with van der Waals surface area (Å²) in [6.45, 7) is 1.50. The molecular weight excluding hydrogens is 324 g/mol. The average Bonchev–Trinajstić information content (AvgIpc) is 2.54. The molecule has 0 saturated carbocycles. The molecule has 0 amide bonds. The summed E-state index contributed by atoms with van der Waals surface area (Å²) in [4.78, 5) is 37.7. The minimum atomic E-state index is -1.94. The molecular formula is C14H14N2O6S. The lowest BCUT2D eigenvalue weighted by Gasteiger charge is -2.06. The lowest BCUT2D eigenvalue weighted by molar-refractivity contribution is -0.141. The van der Waals surface area contributed by atoms with Crippen LogP contribution >= 0.6 is 0 Å². The van der Waals surface area contributed by atoms with Crippen molar-refractivity contribution in [1.29, 1.82) is 0 Å². The van der Waals surface area contributed by atoms with E-state index in [9.17, 15) is 18.6 Å². The number of nitrogens with zero attached hydrogens (tertiary/aromatic N) is 2. The van der Waals surface area contributed by atoms with Gasteiger partial charge in [-0.05, 0) is 19.1 Å². The van der Waals surface area contributed by atoms with Gasteiger partial charge in [-0.25, -0.2) is 9.59 Å². The third-order valence-corrected chi connectivity index (χ3v) is 4.00. The van der Waals surface area contributed by atoms with Crippen molar-refractivity contribution in [2.75, 3.05) is 19.5 Å². The minimum Gasteiger partial charge on any atom is -0.465 e. The van der Waals surface area contributed by atoms with Gasteiger partial charge in [-0.2, -0.15) is 4.79 Å². The molecule has 1 aromatic carbocycles. The summed E-state index contributed by atoms with van der Waals surface area (Å²) in [5, 5.41) is 0. The van der Waals surface area contributed by atoms with E-state index in [1.54, 1.807) is 6.07 Å². The summed E-state index contributed by atoms with van der Waals surface area (Å²) in [5.74, 6) is -3.43. The SMILES string of the molecule is CCOC(=O)C(=[N+]=[N-])C(=O)CS(=O)c1ccccc1C(=O)OC. The van der Waals surface area contributed by atoms with Crippen molar-refractivity contribution in [2.45, 2.75) is 11.8 Å². The Morgan fingerprint density at radius 3 is 2.48 bits per heavy atom. The Morgan fingerprint density at radius 1 is 1.26 bits per heavy atom. The Balaban J connectivity index is 3.00. The Morgan fingerprint density at radius 2 is 1.91 bits per heavy atom. The van der Waals surface area contributed by atoms with E-state index in [2.05, 4.69) is 14.3 Å². The van der Waals surface area contributed by atoms with E-state index in [-0.39, 0.29) is 17.1 Å². The van der Waals surface area contributed by atoms with E-state index in [0.717, 1.165) is 0 Å². The van der Waals surface area contributed by atoms with Gasteiger partial charge >= 0.3 is 17.7 Å².